The molecule has 2 rings (SSSR count). The highest BCUT2D eigenvalue weighted by atomic mass is 35.5. The maximum atomic E-state index is 11.6. The summed E-state index contributed by atoms with van der Waals surface area (Å²) >= 11 is 0. The van der Waals surface area contributed by atoms with Gasteiger partial charge in [-0.25, -0.2) is 0 Å². The molecular formula is C12H18ClN3O3. The number of nitrogens with one attached hydrogen (secondary N) is 3. The lowest BCUT2D eigenvalue weighted by molar-refractivity contribution is -0.124. The maximum Gasteiger partial charge on any atom is 0.287 e. The average molecular weight is 288 g/mol. The van der Waals surface area contributed by atoms with Gasteiger partial charge < -0.3 is 20.4 Å². The second-order valence-corrected chi connectivity index (χ2v) is 4.21. The predicted molar refractivity (Wildman–Crippen MR) is 72.3 cm³/mol. The first-order valence-electron chi connectivity index (χ1n) is 6.07. The molecule has 0 radical (unpaired) electrons. The van der Waals surface area contributed by atoms with Gasteiger partial charge in [-0.05, 0) is 25.1 Å². The van der Waals surface area contributed by atoms with Crippen LogP contribution in [-0.2, 0) is 4.79 Å². The van der Waals surface area contributed by atoms with E-state index in [1.165, 1.54) is 6.26 Å². The molecule has 0 bridgehead atoms. The molecule has 1 fully saturated rings. The van der Waals surface area contributed by atoms with Gasteiger partial charge in [0, 0.05) is 19.6 Å². The van der Waals surface area contributed by atoms with E-state index in [1.54, 1.807) is 12.1 Å². The Kier molecular flexibility index (Phi) is 6.38. The van der Waals surface area contributed by atoms with Gasteiger partial charge in [0.05, 0.1) is 12.2 Å². The van der Waals surface area contributed by atoms with Crippen molar-refractivity contribution in [3.63, 3.8) is 0 Å². The summed E-state index contributed by atoms with van der Waals surface area (Å²) in [6.45, 7) is 2.46. The van der Waals surface area contributed by atoms with Crippen molar-refractivity contribution in [2.24, 2.45) is 5.92 Å². The lowest BCUT2D eigenvalue weighted by Crippen LogP contribution is -2.38. The van der Waals surface area contributed by atoms with E-state index in [-0.39, 0.29) is 35.9 Å². The quantitative estimate of drug-likeness (QED) is 0.674. The molecule has 106 valence electrons. The molecule has 3 N–H and O–H groups in total. The summed E-state index contributed by atoms with van der Waals surface area (Å²) < 4.78 is 4.95. The Bertz CT molecular complexity index is 402. The highest BCUT2D eigenvalue weighted by Gasteiger charge is 2.21. The topological polar surface area (TPSA) is 83.4 Å². The predicted octanol–water partition coefficient (Wildman–Crippen LogP) is 0.157. The molecule has 0 spiro atoms. The van der Waals surface area contributed by atoms with Crippen molar-refractivity contribution in [2.45, 2.75) is 6.42 Å². The van der Waals surface area contributed by atoms with Gasteiger partial charge in [0.1, 0.15) is 0 Å². The Labute approximate surface area is 117 Å². The van der Waals surface area contributed by atoms with Crippen molar-refractivity contribution in [2.75, 3.05) is 26.2 Å². The Morgan fingerprint density at radius 2 is 2.16 bits per heavy atom. The summed E-state index contributed by atoms with van der Waals surface area (Å²) in [5.74, 6) is 0.121. The lowest BCUT2D eigenvalue weighted by atomic mass is 10.1. The molecule has 1 unspecified atom stereocenters. The zero-order chi connectivity index (χ0) is 12.8. The van der Waals surface area contributed by atoms with Crippen LogP contribution in [0.15, 0.2) is 22.8 Å². The monoisotopic (exact) mass is 287 g/mol. The van der Waals surface area contributed by atoms with E-state index in [1.807, 2.05) is 0 Å². The fraction of sp³-hybridized carbons (Fsp3) is 0.500. The first-order valence-corrected chi connectivity index (χ1v) is 6.07. The van der Waals surface area contributed by atoms with Crippen LogP contribution in [0, 0.1) is 5.92 Å². The second-order valence-electron chi connectivity index (χ2n) is 4.21. The summed E-state index contributed by atoms with van der Waals surface area (Å²) in [4.78, 5) is 23.1. The number of halogens is 1. The van der Waals surface area contributed by atoms with Crippen LogP contribution in [0.4, 0.5) is 0 Å². The van der Waals surface area contributed by atoms with E-state index in [9.17, 15) is 9.59 Å². The molecule has 0 aromatic carbocycles. The smallest absolute Gasteiger partial charge is 0.287 e. The highest BCUT2D eigenvalue weighted by molar-refractivity contribution is 5.91. The van der Waals surface area contributed by atoms with E-state index in [4.69, 9.17) is 4.42 Å². The summed E-state index contributed by atoms with van der Waals surface area (Å²) in [6.07, 6.45) is 2.33. The van der Waals surface area contributed by atoms with E-state index >= 15 is 0 Å². The minimum Gasteiger partial charge on any atom is -0.459 e. The third kappa shape index (κ3) is 4.57. The maximum absolute atomic E-state index is 11.6. The summed E-state index contributed by atoms with van der Waals surface area (Å²) in [7, 11) is 0. The summed E-state index contributed by atoms with van der Waals surface area (Å²) in [6, 6.07) is 3.25. The van der Waals surface area contributed by atoms with E-state index in [0.29, 0.717) is 13.1 Å². The highest BCUT2D eigenvalue weighted by Crippen LogP contribution is 2.06. The lowest BCUT2D eigenvalue weighted by Gasteiger charge is -2.09. The van der Waals surface area contributed by atoms with Crippen LogP contribution in [0.3, 0.4) is 0 Å². The molecule has 6 nitrogen and oxygen atoms in total. The minimum atomic E-state index is -0.267. The molecule has 1 saturated heterocycles. The van der Waals surface area contributed by atoms with Crippen LogP contribution >= 0.6 is 12.4 Å². The van der Waals surface area contributed by atoms with Crippen molar-refractivity contribution in [1.82, 2.24) is 16.0 Å². The van der Waals surface area contributed by atoms with Crippen LogP contribution in [0.1, 0.15) is 17.0 Å². The van der Waals surface area contributed by atoms with Crippen molar-refractivity contribution >= 4 is 24.2 Å². The fourth-order valence-electron chi connectivity index (χ4n) is 1.88. The number of rotatable bonds is 5. The summed E-state index contributed by atoms with van der Waals surface area (Å²) in [5, 5.41) is 8.61. The van der Waals surface area contributed by atoms with Gasteiger partial charge >= 0.3 is 0 Å². The SMILES string of the molecule is Cl.O=C(NCCNC(=O)C1CCNC1)c1ccco1. The molecule has 7 heteroatoms. The first kappa shape index (κ1) is 15.5. The molecule has 1 atom stereocenters. The number of amides is 2. The zero-order valence-electron chi connectivity index (χ0n) is 10.5. The Morgan fingerprint density at radius 3 is 2.79 bits per heavy atom. The molecular weight excluding hydrogens is 270 g/mol. The molecule has 2 amide bonds. The normalized spacial score (nSPS) is 17.6. The molecule has 1 aliphatic rings. The molecule has 0 aliphatic carbocycles. The van der Waals surface area contributed by atoms with Crippen LogP contribution in [0.25, 0.3) is 0 Å². The number of carbonyl (C=O) groups excluding carboxylic acids is 2. The van der Waals surface area contributed by atoms with Gasteiger partial charge in [0.15, 0.2) is 5.76 Å². The van der Waals surface area contributed by atoms with Gasteiger partial charge in [-0.2, -0.15) is 0 Å². The zero-order valence-corrected chi connectivity index (χ0v) is 11.3. The number of furan rings is 1. The molecule has 1 aromatic heterocycles. The Morgan fingerprint density at radius 1 is 1.37 bits per heavy atom. The van der Waals surface area contributed by atoms with Crippen LogP contribution in [0.2, 0.25) is 0 Å². The molecule has 2 heterocycles. The standard InChI is InChI=1S/C12H17N3O3.ClH/c16-11(9-3-4-13-8-9)14-5-6-15-12(17)10-2-1-7-18-10;/h1-2,7,9,13H,3-6,8H2,(H,14,16)(H,15,17);1H. The largest absolute Gasteiger partial charge is 0.459 e. The third-order valence-electron chi connectivity index (χ3n) is 2.89. The molecule has 1 aliphatic heterocycles. The van der Waals surface area contributed by atoms with E-state index in [2.05, 4.69) is 16.0 Å². The number of hydrogen-bond donors (Lipinski definition) is 3. The van der Waals surface area contributed by atoms with Gasteiger partial charge in [-0.1, -0.05) is 0 Å². The second kappa shape index (κ2) is 7.81. The van der Waals surface area contributed by atoms with Gasteiger partial charge in [0.25, 0.3) is 5.91 Å². The van der Waals surface area contributed by atoms with Crippen molar-refractivity contribution in [3.05, 3.63) is 24.2 Å². The van der Waals surface area contributed by atoms with Crippen LogP contribution < -0.4 is 16.0 Å². The van der Waals surface area contributed by atoms with Crippen molar-refractivity contribution < 1.29 is 14.0 Å². The van der Waals surface area contributed by atoms with E-state index in [0.717, 1.165) is 19.5 Å². The average Bonchev–Trinajstić information content (AvgIpc) is 3.05. The van der Waals surface area contributed by atoms with Gasteiger partial charge in [-0.15, -0.1) is 12.4 Å². The molecule has 1 aromatic rings. The number of hydrogen-bond acceptors (Lipinski definition) is 4. The fourth-order valence-corrected chi connectivity index (χ4v) is 1.88. The van der Waals surface area contributed by atoms with Gasteiger partial charge in [-0.3, -0.25) is 9.59 Å². The first-order chi connectivity index (χ1) is 8.77. The number of carbonyl (C=O) groups is 2. The molecule has 19 heavy (non-hydrogen) atoms. The Balaban J connectivity index is 0.00000180. The van der Waals surface area contributed by atoms with Crippen molar-refractivity contribution in [1.29, 1.82) is 0 Å². The van der Waals surface area contributed by atoms with Crippen LogP contribution in [-0.4, -0.2) is 38.0 Å². The minimum absolute atomic E-state index is 0. The Hall–Kier alpha value is -1.53. The van der Waals surface area contributed by atoms with Gasteiger partial charge in [0.2, 0.25) is 5.91 Å². The molecule has 0 saturated carbocycles. The summed E-state index contributed by atoms with van der Waals surface area (Å²) in [5.41, 5.74) is 0. The van der Waals surface area contributed by atoms with E-state index < -0.39 is 0 Å². The third-order valence-corrected chi connectivity index (χ3v) is 2.89. The van der Waals surface area contributed by atoms with Crippen LogP contribution in [0.5, 0.6) is 0 Å². The van der Waals surface area contributed by atoms with Crippen molar-refractivity contribution in [3.8, 4) is 0 Å².